The highest BCUT2D eigenvalue weighted by Gasteiger charge is 2.15. The van der Waals surface area contributed by atoms with Crippen molar-refractivity contribution >= 4 is 27.9 Å². The second-order valence-electron chi connectivity index (χ2n) is 6.78. The Bertz CT molecular complexity index is 585. The maximum absolute atomic E-state index is 11.5. The average molecular weight is 415 g/mol. The Morgan fingerprint density at radius 1 is 1.16 bits per heavy atom. The SMILES string of the molecule is CC(C)(C)c1ccc(OCCCNC(=O)NCCCC(=O)O)c(Br)c1. The van der Waals surface area contributed by atoms with Gasteiger partial charge in [0.25, 0.3) is 0 Å². The second-order valence-corrected chi connectivity index (χ2v) is 7.63. The molecule has 3 N–H and O–H groups in total. The molecule has 0 spiro atoms. The lowest BCUT2D eigenvalue weighted by Gasteiger charge is -2.20. The van der Waals surface area contributed by atoms with E-state index >= 15 is 0 Å². The first-order chi connectivity index (χ1) is 11.7. The Kier molecular flexibility index (Phi) is 8.75. The zero-order valence-corrected chi connectivity index (χ0v) is 16.6. The number of benzene rings is 1. The number of urea groups is 1. The Labute approximate surface area is 157 Å². The maximum atomic E-state index is 11.5. The number of amides is 2. The minimum Gasteiger partial charge on any atom is -0.492 e. The third-order valence-electron chi connectivity index (χ3n) is 3.52. The van der Waals surface area contributed by atoms with E-state index in [9.17, 15) is 9.59 Å². The van der Waals surface area contributed by atoms with E-state index in [-0.39, 0.29) is 17.9 Å². The predicted octanol–water partition coefficient (Wildman–Crippen LogP) is 3.68. The van der Waals surface area contributed by atoms with Crippen molar-refractivity contribution in [1.29, 1.82) is 0 Å². The molecule has 0 aliphatic carbocycles. The lowest BCUT2D eigenvalue weighted by molar-refractivity contribution is -0.137. The number of nitrogens with one attached hydrogen (secondary N) is 2. The molecule has 7 heteroatoms. The fraction of sp³-hybridized carbons (Fsp3) is 0.556. The molecule has 0 saturated carbocycles. The van der Waals surface area contributed by atoms with Crippen LogP contribution < -0.4 is 15.4 Å². The molecular formula is C18H27BrN2O4. The zero-order chi connectivity index (χ0) is 18.9. The van der Waals surface area contributed by atoms with Crippen molar-refractivity contribution in [2.75, 3.05) is 19.7 Å². The van der Waals surface area contributed by atoms with E-state index in [0.717, 1.165) is 10.2 Å². The highest BCUT2D eigenvalue weighted by atomic mass is 79.9. The molecular weight excluding hydrogens is 388 g/mol. The molecule has 0 fully saturated rings. The number of carboxylic acid groups (broad SMARTS) is 1. The van der Waals surface area contributed by atoms with Gasteiger partial charge in [-0.2, -0.15) is 0 Å². The molecule has 0 atom stereocenters. The molecule has 0 radical (unpaired) electrons. The van der Waals surface area contributed by atoms with Crippen molar-refractivity contribution in [1.82, 2.24) is 10.6 Å². The summed E-state index contributed by atoms with van der Waals surface area (Å²) < 4.78 is 6.65. The van der Waals surface area contributed by atoms with E-state index < -0.39 is 5.97 Å². The van der Waals surface area contributed by atoms with Crippen molar-refractivity contribution in [2.24, 2.45) is 0 Å². The number of carboxylic acids is 1. The summed E-state index contributed by atoms with van der Waals surface area (Å²) in [4.78, 5) is 21.8. The summed E-state index contributed by atoms with van der Waals surface area (Å²) in [5, 5.41) is 13.8. The largest absolute Gasteiger partial charge is 0.492 e. The molecule has 0 bridgehead atoms. The van der Waals surface area contributed by atoms with Crippen LogP contribution in [0.2, 0.25) is 0 Å². The summed E-state index contributed by atoms with van der Waals surface area (Å²) in [5.41, 5.74) is 1.32. The Morgan fingerprint density at radius 3 is 2.36 bits per heavy atom. The molecule has 1 rings (SSSR count). The second kappa shape index (κ2) is 10.3. The molecule has 0 aliphatic rings. The smallest absolute Gasteiger partial charge is 0.314 e. The van der Waals surface area contributed by atoms with E-state index in [2.05, 4.69) is 59.5 Å². The minimum atomic E-state index is -0.860. The molecule has 0 unspecified atom stereocenters. The van der Waals surface area contributed by atoms with E-state index in [1.165, 1.54) is 5.56 Å². The van der Waals surface area contributed by atoms with Crippen molar-refractivity contribution in [3.8, 4) is 5.75 Å². The molecule has 0 saturated heterocycles. The first-order valence-corrected chi connectivity index (χ1v) is 9.16. The predicted molar refractivity (Wildman–Crippen MR) is 101 cm³/mol. The van der Waals surface area contributed by atoms with Crippen LogP contribution in [-0.2, 0) is 10.2 Å². The van der Waals surface area contributed by atoms with E-state index in [1.807, 2.05) is 6.07 Å². The van der Waals surface area contributed by atoms with Gasteiger partial charge in [-0.3, -0.25) is 4.79 Å². The normalized spacial score (nSPS) is 11.0. The van der Waals surface area contributed by atoms with Gasteiger partial charge in [-0.1, -0.05) is 26.8 Å². The molecule has 1 aromatic carbocycles. The number of aliphatic carboxylic acids is 1. The monoisotopic (exact) mass is 414 g/mol. The highest BCUT2D eigenvalue weighted by Crippen LogP contribution is 2.31. The third-order valence-corrected chi connectivity index (χ3v) is 4.13. The number of rotatable bonds is 9. The van der Waals surface area contributed by atoms with Crippen LogP contribution in [0.5, 0.6) is 5.75 Å². The first-order valence-electron chi connectivity index (χ1n) is 8.36. The van der Waals surface area contributed by atoms with Crippen LogP contribution in [0.4, 0.5) is 4.79 Å². The van der Waals surface area contributed by atoms with Gasteiger partial charge >= 0.3 is 12.0 Å². The van der Waals surface area contributed by atoms with Crippen molar-refractivity contribution < 1.29 is 19.4 Å². The van der Waals surface area contributed by atoms with E-state index in [0.29, 0.717) is 32.5 Å². The Morgan fingerprint density at radius 2 is 1.80 bits per heavy atom. The van der Waals surface area contributed by atoms with Gasteiger partial charge in [-0.25, -0.2) is 4.79 Å². The Hall–Kier alpha value is -1.76. The molecule has 25 heavy (non-hydrogen) atoms. The fourth-order valence-corrected chi connectivity index (χ4v) is 2.54. The average Bonchev–Trinajstić information content (AvgIpc) is 2.51. The van der Waals surface area contributed by atoms with Crippen LogP contribution in [0.3, 0.4) is 0 Å². The first kappa shape index (κ1) is 21.3. The fourth-order valence-electron chi connectivity index (χ4n) is 2.04. The summed E-state index contributed by atoms with van der Waals surface area (Å²) in [7, 11) is 0. The lowest BCUT2D eigenvalue weighted by Crippen LogP contribution is -2.37. The molecule has 0 heterocycles. The molecule has 0 aliphatic heterocycles. The maximum Gasteiger partial charge on any atom is 0.314 e. The molecule has 2 amide bonds. The van der Waals surface area contributed by atoms with Crippen LogP contribution in [0, 0.1) is 0 Å². The molecule has 6 nitrogen and oxygen atoms in total. The van der Waals surface area contributed by atoms with Gasteiger partial charge in [0.2, 0.25) is 0 Å². The molecule has 0 aromatic heterocycles. The van der Waals surface area contributed by atoms with Gasteiger partial charge < -0.3 is 20.5 Å². The van der Waals surface area contributed by atoms with Crippen molar-refractivity contribution in [3.05, 3.63) is 28.2 Å². The minimum absolute atomic E-state index is 0.0526. The van der Waals surface area contributed by atoms with Gasteiger partial charge in [0.05, 0.1) is 11.1 Å². The van der Waals surface area contributed by atoms with Gasteiger partial charge in [0.1, 0.15) is 5.75 Å². The van der Waals surface area contributed by atoms with Crippen LogP contribution in [0.25, 0.3) is 0 Å². The zero-order valence-electron chi connectivity index (χ0n) is 15.0. The molecule has 140 valence electrons. The molecule has 1 aromatic rings. The van der Waals surface area contributed by atoms with Gasteiger partial charge in [-0.05, 0) is 51.9 Å². The van der Waals surface area contributed by atoms with Crippen LogP contribution in [-0.4, -0.2) is 36.8 Å². The topological polar surface area (TPSA) is 87.7 Å². The number of hydrogen-bond donors (Lipinski definition) is 3. The number of hydrogen-bond acceptors (Lipinski definition) is 3. The van der Waals surface area contributed by atoms with Crippen molar-refractivity contribution in [3.63, 3.8) is 0 Å². The summed E-state index contributed by atoms with van der Waals surface area (Å²) in [6.45, 7) is 7.81. The summed E-state index contributed by atoms with van der Waals surface area (Å²) in [5.74, 6) is -0.0767. The van der Waals surface area contributed by atoms with Gasteiger partial charge in [-0.15, -0.1) is 0 Å². The van der Waals surface area contributed by atoms with Gasteiger partial charge in [0, 0.05) is 19.5 Å². The number of ether oxygens (including phenoxy) is 1. The van der Waals surface area contributed by atoms with E-state index in [4.69, 9.17) is 9.84 Å². The number of carbonyl (C=O) groups excluding carboxylic acids is 1. The van der Waals surface area contributed by atoms with Crippen LogP contribution >= 0.6 is 15.9 Å². The lowest BCUT2D eigenvalue weighted by atomic mass is 9.87. The number of halogens is 1. The Balaban J connectivity index is 2.21. The van der Waals surface area contributed by atoms with Crippen LogP contribution in [0.15, 0.2) is 22.7 Å². The van der Waals surface area contributed by atoms with Crippen molar-refractivity contribution in [2.45, 2.75) is 45.4 Å². The summed E-state index contributed by atoms with van der Waals surface area (Å²) in [6.07, 6.45) is 1.15. The summed E-state index contributed by atoms with van der Waals surface area (Å²) in [6, 6.07) is 5.79. The quantitative estimate of drug-likeness (QED) is 0.537. The van der Waals surface area contributed by atoms with Crippen LogP contribution in [0.1, 0.15) is 45.6 Å². The third kappa shape index (κ3) is 8.77. The highest BCUT2D eigenvalue weighted by molar-refractivity contribution is 9.10. The number of carbonyl (C=O) groups is 2. The van der Waals surface area contributed by atoms with Gasteiger partial charge in [0.15, 0.2) is 0 Å². The van der Waals surface area contributed by atoms with E-state index in [1.54, 1.807) is 0 Å². The summed E-state index contributed by atoms with van der Waals surface area (Å²) >= 11 is 3.53. The standard InChI is InChI=1S/C18H27BrN2O4/c1-18(2,3)13-7-8-15(14(19)12-13)25-11-5-10-21-17(24)20-9-4-6-16(22)23/h7-8,12H,4-6,9-11H2,1-3H3,(H,22,23)(H2,20,21,24).